The lowest BCUT2D eigenvalue weighted by Crippen LogP contribution is -2.09. The van der Waals surface area contributed by atoms with E-state index in [4.69, 9.17) is 8.53 Å². The zero-order valence-electron chi connectivity index (χ0n) is 17.5. The van der Waals surface area contributed by atoms with E-state index in [1.54, 1.807) is 18.3 Å². The van der Waals surface area contributed by atoms with Crippen molar-refractivity contribution >= 4 is 22.1 Å². The van der Waals surface area contributed by atoms with E-state index in [-0.39, 0.29) is 12.1 Å². The molecule has 1 aliphatic rings. The molecule has 3 heterocycles. The quantitative estimate of drug-likeness (QED) is 0.446. The first-order chi connectivity index (χ1) is 14.0. The van der Waals surface area contributed by atoms with Crippen LogP contribution in [0.5, 0.6) is 0 Å². The molecule has 130 valence electrons. The molecular formula is C23H22N2O. The normalized spacial score (nSPS) is 17.9. The number of aromatic nitrogens is 2. The van der Waals surface area contributed by atoms with Crippen molar-refractivity contribution in [2.45, 2.75) is 38.5 Å². The maximum Gasteiger partial charge on any atom is 0.227 e. The largest absolute Gasteiger partial charge is 0.437 e. The summed E-state index contributed by atoms with van der Waals surface area (Å²) < 4.78 is 31.3. The van der Waals surface area contributed by atoms with Gasteiger partial charge in [-0.05, 0) is 48.2 Å². The number of rotatable bonds is 3. The Balaban J connectivity index is 1.62. The molecule has 1 aliphatic carbocycles. The van der Waals surface area contributed by atoms with Gasteiger partial charge < -0.3 is 4.42 Å². The van der Waals surface area contributed by atoms with E-state index in [9.17, 15) is 0 Å². The van der Waals surface area contributed by atoms with Gasteiger partial charge in [0.1, 0.15) is 5.58 Å². The summed E-state index contributed by atoms with van der Waals surface area (Å²) in [5.41, 5.74) is 3.29. The third-order valence-electron chi connectivity index (χ3n) is 5.24. The molecule has 1 saturated carbocycles. The van der Waals surface area contributed by atoms with Gasteiger partial charge in [-0.15, -0.1) is 0 Å². The maximum atomic E-state index is 8.78. The average Bonchev–Trinajstić information content (AvgIpc) is 3.12. The molecule has 0 radical (unpaired) electrons. The monoisotopic (exact) mass is 345 g/mol. The summed E-state index contributed by atoms with van der Waals surface area (Å²) in [6, 6.07) is 13.0. The van der Waals surface area contributed by atoms with Gasteiger partial charge in [-0.25, -0.2) is 4.98 Å². The Morgan fingerprint density at radius 3 is 2.85 bits per heavy atom. The number of furan rings is 1. The second kappa shape index (κ2) is 6.56. The van der Waals surface area contributed by atoms with Crippen LogP contribution in [-0.2, 0) is 6.37 Å². The molecule has 5 rings (SSSR count). The van der Waals surface area contributed by atoms with Crippen LogP contribution in [0.25, 0.3) is 33.3 Å². The summed E-state index contributed by atoms with van der Waals surface area (Å²) in [5, 5.41) is 1.79. The fraction of sp³-hybridized carbons (Fsp3) is 0.304. The molecule has 0 saturated heterocycles. The van der Waals surface area contributed by atoms with Gasteiger partial charge in [0.15, 0.2) is 0 Å². The topological polar surface area (TPSA) is 38.9 Å². The second-order valence-electron chi connectivity index (χ2n) is 6.99. The van der Waals surface area contributed by atoms with Crippen molar-refractivity contribution in [3.8, 4) is 11.3 Å². The summed E-state index contributed by atoms with van der Waals surface area (Å²) in [5.74, 6) is 0.0492. The van der Waals surface area contributed by atoms with Crippen LogP contribution in [0.1, 0.15) is 41.8 Å². The van der Waals surface area contributed by atoms with Crippen molar-refractivity contribution in [3.05, 3.63) is 60.4 Å². The number of benzene rings is 1. The lowest BCUT2D eigenvalue weighted by molar-refractivity contribution is 0.356. The Labute approximate surface area is 157 Å². The Hall–Kier alpha value is -2.68. The molecule has 3 aromatic heterocycles. The van der Waals surface area contributed by atoms with Crippen molar-refractivity contribution in [2.24, 2.45) is 5.92 Å². The van der Waals surface area contributed by atoms with Gasteiger partial charge in [-0.3, -0.25) is 4.98 Å². The summed E-state index contributed by atoms with van der Waals surface area (Å²) >= 11 is 0. The van der Waals surface area contributed by atoms with Crippen LogP contribution in [0, 0.1) is 5.92 Å². The summed E-state index contributed by atoms with van der Waals surface area (Å²) in [4.78, 5) is 8.71. The molecule has 0 amide bonds. The van der Waals surface area contributed by atoms with Crippen molar-refractivity contribution in [2.75, 3.05) is 0 Å². The van der Waals surface area contributed by atoms with Crippen LogP contribution in [-0.4, -0.2) is 9.97 Å². The molecule has 0 N–H and O–H groups in total. The minimum atomic E-state index is -1.37. The lowest BCUT2D eigenvalue weighted by atomic mass is 9.85. The van der Waals surface area contributed by atoms with Crippen molar-refractivity contribution in [1.82, 2.24) is 9.97 Å². The molecule has 4 aromatic rings. The second-order valence-corrected chi connectivity index (χ2v) is 6.99. The number of hydrogen-bond donors (Lipinski definition) is 0. The third kappa shape index (κ3) is 2.78. The van der Waals surface area contributed by atoms with Crippen LogP contribution in [0.15, 0.2) is 59.3 Å². The Morgan fingerprint density at radius 1 is 1.04 bits per heavy atom. The SMILES string of the molecule is [2H]c1ccc2c(n1)oc1c(-c3cc(C([2H])([2H])C4CCCCC4)ccn3)cccc12. The lowest BCUT2D eigenvalue weighted by Gasteiger charge is -2.21. The zero-order chi connectivity index (χ0) is 20.0. The highest BCUT2D eigenvalue weighted by Gasteiger charge is 2.16. The van der Waals surface area contributed by atoms with Crippen molar-refractivity contribution in [1.29, 1.82) is 0 Å². The molecule has 26 heavy (non-hydrogen) atoms. The van der Waals surface area contributed by atoms with Crippen LogP contribution in [0.2, 0.25) is 0 Å². The molecular weight excluding hydrogens is 320 g/mol. The molecule has 1 fully saturated rings. The van der Waals surface area contributed by atoms with E-state index in [1.807, 2.05) is 30.3 Å². The van der Waals surface area contributed by atoms with E-state index < -0.39 is 6.37 Å². The van der Waals surface area contributed by atoms with Gasteiger partial charge in [0, 0.05) is 31.4 Å². The Kier molecular flexibility index (Phi) is 3.19. The van der Waals surface area contributed by atoms with Gasteiger partial charge >= 0.3 is 0 Å². The smallest absolute Gasteiger partial charge is 0.227 e. The maximum absolute atomic E-state index is 8.78. The molecule has 3 heteroatoms. The first-order valence-electron chi connectivity index (χ1n) is 10.8. The predicted octanol–water partition coefficient (Wildman–Crippen LogP) is 6.17. The van der Waals surface area contributed by atoms with Crippen LogP contribution < -0.4 is 0 Å². The first kappa shape index (κ1) is 12.6. The van der Waals surface area contributed by atoms with E-state index in [0.29, 0.717) is 22.6 Å². The number of nitrogens with zero attached hydrogens (tertiary/aromatic N) is 2. The molecule has 0 spiro atoms. The molecule has 0 atom stereocenters. The van der Waals surface area contributed by atoms with E-state index in [0.717, 1.165) is 42.0 Å². The third-order valence-corrected chi connectivity index (χ3v) is 5.24. The van der Waals surface area contributed by atoms with Gasteiger partial charge in [0.25, 0.3) is 0 Å². The Morgan fingerprint density at radius 2 is 1.92 bits per heavy atom. The number of fused-ring (bicyclic) bond motifs is 3. The molecule has 3 nitrogen and oxygen atoms in total. The first-order valence-corrected chi connectivity index (χ1v) is 9.30. The average molecular weight is 345 g/mol. The molecule has 0 unspecified atom stereocenters. The highest BCUT2D eigenvalue weighted by Crippen LogP contribution is 2.35. The molecule has 1 aromatic carbocycles. The fourth-order valence-corrected chi connectivity index (χ4v) is 3.94. The van der Waals surface area contributed by atoms with Crippen LogP contribution in [0.4, 0.5) is 0 Å². The summed E-state index contributed by atoms with van der Waals surface area (Å²) in [6.45, 7) is 0. The van der Waals surface area contributed by atoms with Crippen molar-refractivity contribution in [3.63, 3.8) is 0 Å². The predicted molar refractivity (Wildman–Crippen MR) is 105 cm³/mol. The van der Waals surface area contributed by atoms with Gasteiger partial charge in [0.2, 0.25) is 5.71 Å². The van der Waals surface area contributed by atoms with Gasteiger partial charge in [-0.1, -0.05) is 44.2 Å². The zero-order valence-corrected chi connectivity index (χ0v) is 14.5. The molecule has 0 bridgehead atoms. The van der Waals surface area contributed by atoms with Crippen molar-refractivity contribution < 1.29 is 8.53 Å². The minimum Gasteiger partial charge on any atom is -0.437 e. The van der Waals surface area contributed by atoms with Crippen LogP contribution in [0.3, 0.4) is 0 Å². The molecule has 0 aliphatic heterocycles. The van der Waals surface area contributed by atoms with Gasteiger partial charge in [-0.2, -0.15) is 0 Å². The number of pyridine rings is 2. The van der Waals surface area contributed by atoms with Crippen LogP contribution >= 0.6 is 0 Å². The van der Waals surface area contributed by atoms with E-state index in [1.165, 1.54) is 6.42 Å². The van der Waals surface area contributed by atoms with Gasteiger partial charge in [0.05, 0.1) is 7.06 Å². The number of para-hydroxylation sites is 1. The van der Waals surface area contributed by atoms with E-state index >= 15 is 0 Å². The standard InChI is InChI=1S/C23H22N2O/c1-2-6-16(7-3-1)14-17-11-13-24-21(15-17)20-9-4-8-18-19-10-5-12-25-23(19)26-22(18)20/h4-5,8-13,15-16H,1-3,6-7,14H2/i12D,14D2. The fourth-order valence-electron chi connectivity index (χ4n) is 3.94. The summed E-state index contributed by atoms with van der Waals surface area (Å²) in [6.07, 6.45) is 5.76. The summed E-state index contributed by atoms with van der Waals surface area (Å²) in [7, 11) is 0. The Bertz CT molecular complexity index is 1200. The highest BCUT2D eigenvalue weighted by atomic mass is 16.3. The minimum absolute atomic E-state index is 0.0492. The van der Waals surface area contributed by atoms with E-state index in [2.05, 4.69) is 9.97 Å². The highest BCUT2D eigenvalue weighted by molar-refractivity contribution is 6.08. The number of hydrogen-bond acceptors (Lipinski definition) is 3.